The summed E-state index contributed by atoms with van der Waals surface area (Å²) in [6, 6.07) is 6.06. The second-order valence-electron chi connectivity index (χ2n) is 6.83. The topological polar surface area (TPSA) is 56.8 Å². The fourth-order valence-corrected chi connectivity index (χ4v) is 3.26. The third-order valence-electron chi connectivity index (χ3n) is 5.05. The van der Waals surface area contributed by atoms with Crippen LogP contribution < -0.4 is 10.1 Å². The van der Waals surface area contributed by atoms with E-state index in [4.69, 9.17) is 14.2 Å². The molecule has 24 heavy (non-hydrogen) atoms. The molecule has 1 saturated carbocycles. The Morgan fingerprint density at radius 1 is 1.42 bits per heavy atom. The Labute approximate surface area is 143 Å². The fraction of sp³-hybridized carbons (Fsp3) is 0.632. The number of methoxy groups -OCH3 is 1. The van der Waals surface area contributed by atoms with Gasteiger partial charge in [0.15, 0.2) is 0 Å². The van der Waals surface area contributed by atoms with E-state index in [1.807, 2.05) is 25.1 Å². The zero-order chi connectivity index (χ0) is 17.0. The van der Waals surface area contributed by atoms with Crippen molar-refractivity contribution in [2.24, 2.45) is 5.92 Å². The number of amides is 1. The van der Waals surface area contributed by atoms with Crippen LogP contribution in [0.4, 0.5) is 0 Å². The first-order valence-electron chi connectivity index (χ1n) is 8.74. The number of hydrogen-bond acceptors (Lipinski definition) is 4. The molecule has 0 radical (unpaired) electrons. The average Bonchev–Trinajstić information content (AvgIpc) is 3.24. The van der Waals surface area contributed by atoms with Crippen molar-refractivity contribution in [1.82, 2.24) is 5.32 Å². The Bertz CT molecular complexity index is 577. The normalized spacial score (nSPS) is 21.5. The molecule has 1 heterocycles. The molecule has 0 spiro atoms. The van der Waals surface area contributed by atoms with Crippen LogP contribution in [0.5, 0.6) is 5.75 Å². The highest BCUT2D eigenvalue weighted by atomic mass is 16.5. The van der Waals surface area contributed by atoms with Crippen LogP contribution in [-0.4, -0.2) is 46.0 Å². The van der Waals surface area contributed by atoms with Crippen molar-refractivity contribution >= 4 is 5.91 Å². The summed E-state index contributed by atoms with van der Waals surface area (Å²) in [7, 11) is 1.67. The van der Waals surface area contributed by atoms with Crippen LogP contribution in [0.1, 0.15) is 30.4 Å². The lowest BCUT2D eigenvalue weighted by atomic mass is 9.93. The van der Waals surface area contributed by atoms with E-state index in [-0.39, 0.29) is 11.3 Å². The van der Waals surface area contributed by atoms with Gasteiger partial charge in [-0.2, -0.15) is 0 Å². The molecular weight excluding hydrogens is 306 g/mol. The van der Waals surface area contributed by atoms with Crippen molar-refractivity contribution in [1.29, 1.82) is 0 Å². The highest BCUT2D eigenvalue weighted by molar-refractivity contribution is 5.91. The molecule has 1 aromatic carbocycles. The molecule has 1 unspecified atom stereocenters. The molecule has 1 aliphatic heterocycles. The smallest absolute Gasteiger partial charge is 0.230 e. The van der Waals surface area contributed by atoms with Crippen molar-refractivity contribution in [2.45, 2.75) is 31.6 Å². The summed E-state index contributed by atoms with van der Waals surface area (Å²) in [5.41, 5.74) is 1.76. The molecule has 1 aromatic rings. The van der Waals surface area contributed by atoms with Gasteiger partial charge in [0.25, 0.3) is 0 Å². The summed E-state index contributed by atoms with van der Waals surface area (Å²) in [6.45, 7) is 5.47. The monoisotopic (exact) mass is 333 g/mol. The predicted molar refractivity (Wildman–Crippen MR) is 91.4 cm³/mol. The zero-order valence-electron chi connectivity index (χ0n) is 14.6. The first-order valence-corrected chi connectivity index (χ1v) is 8.74. The molecule has 1 saturated heterocycles. The van der Waals surface area contributed by atoms with Crippen LogP contribution in [-0.2, 0) is 19.7 Å². The molecule has 0 bridgehead atoms. The van der Waals surface area contributed by atoms with Gasteiger partial charge in [0, 0.05) is 19.1 Å². The molecule has 0 aromatic heterocycles. The largest absolute Gasteiger partial charge is 0.496 e. The Morgan fingerprint density at radius 3 is 2.92 bits per heavy atom. The molecular formula is C19H27NO4. The zero-order valence-corrected chi connectivity index (χ0v) is 14.6. The molecule has 2 fully saturated rings. The Balaban J connectivity index is 1.47. The summed E-state index contributed by atoms with van der Waals surface area (Å²) in [6.07, 6.45) is 2.86. The maximum absolute atomic E-state index is 12.6. The van der Waals surface area contributed by atoms with E-state index in [0.717, 1.165) is 56.0 Å². The van der Waals surface area contributed by atoms with Crippen LogP contribution in [0.25, 0.3) is 0 Å². The van der Waals surface area contributed by atoms with Gasteiger partial charge >= 0.3 is 0 Å². The maximum atomic E-state index is 12.6. The molecule has 1 N–H and O–H groups in total. The number of rotatable bonds is 8. The molecule has 3 rings (SSSR count). The van der Waals surface area contributed by atoms with E-state index in [0.29, 0.717) is 19.1 Å². The van der Waals surface area contributed by atoms with Gasteiger partial charge < -0.3 is 19.5 Å². The summed E-state index contributed by atoms with van der Waals surface area (Å²) < 4.78 is 16.4. The quantitative estimate of drug-likeness (QED) is 0.741. The second-order valence-corrected chi connectivity index (χ2v) is 6.83. The third-order valence-corrected chi connectivity index (χ3v) is 5.05. The summed E-state index contributed by atoms with van der Waals surface area (Å²) in [5.74, 6) is 1.45. The predicted octanol–water partition coefficient (Wildman–Crippen LogP) is 2.20. The third kappa shape index (κ3) is 3.73. The molecule has 1 atom stereocenters. The number of carbonyl (C=O) groups is 1. The van der Waals surface area contributed by atoms with Crippen molar-refractivity contribution in [3.63, 3.8) is 0 Å². The van der Waals surface area contributed by atoms with Gasteiger partial charge in [-0.1, -0.05) is 12.1 Å². The molecule has 2 aliphatic rings. The van der Waals surface area contributed by atoms with Crippen molar-refractivity contribution in [3.8, 4) is 5.75 Å². The summed E-state index contributed by atoms with van der Waals surface area (Å²) >= 11 is 0. The minimum Gasteiger partial charge on any atom is -0.496 e. The molecule has 1 aliphatic carbocycles. The molecule has 132 valence electrons. The number of benzene rings is 1. The lowest BCUT2D eigenvalue weighted by molar-refractivity contribution is -0.123. The van der Waals surface area contributed by atoms with E-state index < -0.39 is 0 Å². The Hall–Kier alpha value is -1.59. The van der Waals surface area contributed by atoms with Gasteiger partial charge in [0.1, 0.15) is 5.75 Å². The minimum atomic E-state index is -0.375. The van der Waals surface area contributed by atoms with Crippen molar-refractivity contribution in [3.05, 3.63) is 29.3 Å². The molecule has 1 amide bonds. The highest BCUT2D eigenvalue weighted by Crippen LogP contribution is 2.49. The highest BCUT2D eigenvalue weighted by Gasteiger charge is 2.51. The van der Waals surface area contributed by atoms with Gasteiger partial charge in [-0.15, -0.1) is 0 Å². The number of nitrogens with one attached hydrogen (secondary N) is 1. The summed E-state index contributed by atoms with van der Waals surface area (Å²) in [4.78, 5) is 12.6. The SMILES string of the molecule is COc1cc(C2(C(=O)NCCOCC3CCOC3)CC2)ccc1C. The lowest BCUT2D eigenvalue weighted by Gasteiger charge is -2.17. The van der Waals surface area contributed by atoms with Gasteiger partial charge in [0.2, 0.25) is 5.91 Å². The summed E-state index contributed by atoms with van der Waals surface area (Å²) in [5, 5.41) is 3.03. The number of carbonyl (C=O) groups excluding carboxylic acids is 1. The van der Waals surface area contributed by atoms with Crippen LogP contribution in [0.2, 0.25) is 0 Å². The Kier molecular flexibility index (Phi) is 5.41. The van der Waals surface area contributed by atoms with E-state index >= 15 is 0 Å². The van der Waals surface area contributed by atoms with E-state index in [1.165, 1.54) is 0 Å². The molecule has 5 heteroatoms. The number of hydrogen-bond donors (Lipinski definition) is 1. The van der Waals surface area contributed by atoms with Gasteiger partial charge in [0.05, 0.1) is 32.3 Å². The lowest BCUT2D eigenvalue weighted by Crippen LogP contribution is -2.36. The average molecular weight is 333 g/mol. The molecule has 5 nitrogen and oxygen atoms in total. The maximum Gasteiger partial charge on any atom is 0.230 e. The Morgan fingerprint density at radius 2 is 2.25 bits per heavy atom. The van der Waals surface area contributed by atoms with Gasteiger partial charge in [-0.25, -0.2) is 0 Å². The number of ether oxygens (including phenoxy) is 3. The number of aryl methyl sites for hydroxylation is 1. The fourth-order valence-electron chi connectivity index (χ4n) is 3.26. The van der Waals surface area contributed by atoms with Crippen LogP contribution in [0, 0.1) is 12.8 Å². The first-order chi connectivity index (χ1) is 11.7. The van der Waals surface area contributed by atoms with Crippen LogP contribution >= 0.6 is 0 Å². The second kappa shape index (κ2) is 7.53. The standard InChI is InChI=1S/C19H27NO4/c1-14-3-4-16(11-17(14)22-2)19(6-7-19)18(21)20-8-10-24-13-15-5-9-23-12-15/h3-4,11,15H,5-10,12-13H2,1-2H3,(H,20,21). The first kappa shape index (κ1) is 17.2. The van der Waals surface area contributed by atoms with Crippen molar-refractivity contribution in [2.75, 3.05) is 40.1 Å². The van der Waals surface area contributed by atoms with Gasteiger partial charge in [-0.3, -0.25) is 4.79 Å². The minimum absolute atomic E-state index is 0.0983. The van der Waals surface area contributed by atoms with Crippen molar-refractivity contribution < 1.29 is 19.0 Å². The van der Waals surface area contributed by atoms with Crippen LogP contribution in [0.3, 0.4) is 0 Å². The van der Waals surface area contributed by atoms with E-state index in [9.17, 15) is 4.79 Å². The van der Waals surface area contributed by atoms with E-state index in [2.05, 4.69) is 5.32 Å². The van der Waals surface area contributed by atoms with Crippen LogP contribution in [0.15, 0.2) is 18.2 Å². The van der Waals surface area contributed by atoms with Gasteiger partial charge in [-0.05, 0) is 43.4 Å². The van der Waals surface area contributed by atoms with E-state index in [1.54, 1.807) is 7.11 Å².